The molecular weight excluding hydrogens is 308 g/mol. The number of aromatic nitrogens is 2. The fourth-order valence-electron chi connectivity index (χ4n) is 2.95. The molecule has 1 atom stereocenters. The molecule has 128 valence electrons. The van der Waals surface area contributed by atoms with Crippen molar-refractivity contribution in [1.29, 1.82) is 0 Å². The number of nitrogens with zero attached hydrogens (tertiary/aromatic N) is 2. The maximum atomic E-state index is 12.4. The number of anilines is 1. The minimum atomic E-state index is -0.267. The number of hydrogen-bond donors (Lipinski definition) is 2. The standard InChI is InChI=1S/C17H22N4O3/c1-10-7-12-13(5-6-24-16(12)14(8-10)23-4)18-17(22)19-15-9-11(2)20-21(15)3/h7-9,13H,5-6H2,1-4H3,(H2,18,19,22)/t13-/m0/s1. The van der Waals surface area contributed by atoms with Gasteiger partial charge >= 0.3 is 6.03 Å². The summed E-state index contributed by atoms with van der Waals surface area (Å²) in [6.07, 6.45) is 0.706. The van der Waals surface area contributed by atoms with Crippen LogP contribution >= 0.6 is 0 Å². The quantitative estimate of drug-likeness (QED) is 0.907. The summed E-state index contributed by atoms with van der Waals surface area (Å²) in [5, 5.41) is 10.1. The smallest absolute Gasteiger partial charge is 0.320 e. The van der Waals surface area contributed by atoms with Crippen molar-refractivity contribution in [3.8, 4) is 11.5 Å². The van der Waals surface area contributed by atoms with Crippen molar-refractivity contribution in [2.45, 2.75) is 26.3 Å². The first-order chi connectivity index (χ1) is 11.5. The zero-order valence-electron chi connectivity index (χ0n) is 14.3. The van der Waals surface area contributed by atoms with Gasteiger partial charge in [0.15, 0.2) is 11.5 Å². The van der Waals surface area contributed by atoms with Crippen LogP contribution in [0.1, 0.15) is 29.3 Å². The van der Waals surface area contributed by atoms with E-state index in [4.69, 9.17) is 9.47 Å². The topological polar surface area (TPSA) is 77.4 Å². The molecule has 2 heterocycles. The third-order valence-electron chi connectivity index (χ3n) is 4.03. The number of fused-ring (bicyclic) bond motifs is 1. The molecule has 0 saturated heterocycles. The van der Waals surface area contributed by atoms with Crippen LogP contribution in [-0.2, 0) is 7.05 Å². The number of benzene rings is 1. The molecule has 2 aromatic rings. The molecule has 7 nitrogen and oxygen atoms in total. The molecule has 3 rings (SSSR count). The molecule has 0 spiro atoms. The minimum absolute atomic E-state index is 0.128. The first-order valence-electron chi connectivity index (χ1n) is 7.87. The summed E-state index contributed by atoms with van der Waals surface area (Å²) in [5.41, 5.74) is 2.85. The van der Waals surface area contributed by atoms with Gasteiger partial charge in [-0.05, 0) is 25.5 Å². The van der Waals surface area contributed by atoms with E-state index >= 15 is 0 Å². The first kappa shape index (κ1) is 16.2. The Balaban J connectivity index is 1.78. The van der Waals surface area contributed by atoms with E-state index in [1.165, 1.54) is 0 Å². The highest BCUT2D eigenvalue weighted by atomic mass is 16.5. The summed E-state index contributed by atoms with van der Waals surface area (Å²) in [7, 11) is 3.41. The van der Waals surface area contributed by atoms with Crippen LogP contribution in [0.4, 0.5) is 10.6 Å². The zero-order chi connectivity index (χ0) is 17.3. The van der Waals surface area contributed by atoms with Crippen molar-refractivity contribution >= 4 is 11.8 Å². The SMILES string of the molecule is COc1cc(C)cc2c1OCC[C@@H]2NC(=O)Nc1cc(C)nn1C. The maximum Gasteiger partial charge on any atom is 0.320 e. The van der Waals surface area contributed by atoms with E-state index in [1.54, 1.807) is 18.8 Å². The van der Waals surface area contributed by atoms with Gasteiger partial charge < -0.3 is 14.8 Å². The number of nitrogens with one attached hydrogen (secondary N) is 2. The van der Waals surface area contributed by atoms with E-state index in [1.807, 2.05) is 32.0 Å². The molecule has 7 heteroatoms. The Morgan fingerprint density at radius 2 is 2.17 bits per heavy atom. The van der Waals surface area contributed by atoms with Crippen LogP contribution in [0.3, 0.4) is 0 Å². The average Bonchev–Trinajstić information content (AvgIpc) is 2.84. The Morgan fingerprint density at radius 1 is 1.38 bits per heavy atom. The van der Waals surface area contributed by atoms with Crippen LogP contribution in [0.2, 0.25) is 0 Å². The number of aryl methyl sites for hydroxylation is 3. The van der Waals surface area contributed by atoms with E-state index < -0.39 is 0 Å². The van der Waals surface area contributed by atoms with E-state index in [0.29, 0.717) is 30.3 Å². The molecule has 0 saturated carbocycles. The van der Waals surface area contributed by atoms with E-state index in [2.05, 4.69) is 15.7 Å². The van der Waals surface area contributed by atoms with Crippen molar-refractivity contribution in [3.63, 3.8) is 0 Å². The summed E-state index contributed by atoms with van der Waals surface area (Å²) >= 11 is 0. The lowest BCUT2D eigenvalue weighted by Gasteiger charge is -2.28. The monoisotopic (exact) mass is 330 g/mol. The summed E-state index contributed by atoms with van der Waals surface area (Å²) in [4.78, 5) is 12.4. The van der Waals surface area contributed by atoms with E-state index in [9.17, 15) is 4.79 Å². The maximum absolute atomic E-state index is 12.4. The number of urea groups is 1. The van der Waals surface area contributed by atoms with Gasteiger partial charge in [0, 0.05) is 25.1 Å². The summed E-state index contributed by atoms with van der Waals surface area (Å²) in [6.45, 7) is 4.40. The lowest BCUT2D eigenvalue weighted by molar-refractivity contribution is 0.226. The number of amides is 2. The summed E-state index contributed by atoms with van der Waals surface area (Å²) in [6, 6.07) is 5.38. The molecule has 2 amide bonds. The lowest BCUT2D eigenvalue weighted by Crippen LogP contribution is -2.35. The van der Waals surface area contributed by atoms with Gasteiger partial charge in [-0.25, -0.2) is 4.79 Å². The third-order valence-corrected chi connectivity index (χ3v) is 4.03. The summed E-state index contributed by atoms with van der Waals surface area (Å²) < 4.78 is 12.8. The normalized spacial score (nSPS) is 16.1. The van der Waals surface area contributed by atoms with Gasteiger partial charge in [-0.3, -0.25) is 10.00 Å². The number of hydrogen-bond acceptors (Lipinski definition) is 4. The second-order valence-corrected chi connectivity index (χ2v) is 5.97. The highest BCUT2D eigenvalue weighted by Gasteiger charge is 2.26. The van der Waals surface area contributed by atoms with Crippen LogP contribution in [0.5, 0.6) is 11.5 Å². The molecule has 0 aliphatic carbocycles. The predicted molar refractivity (Wildman–Crippen MR) is 90.7 cm³/mol. The van der Waals surface area contributed by atoms with Crippen molar-refractivity contribution in [3.05, 3.63) is 35.0 Å². The fraction of sp³-hybridized carbons (Fsp3) is 0.412. The van der Waals surface area contributed by atoms with Crippen molar-refractivity contribution in [1.82, 2.24) is 15.1 Å². The molecule has 1 aliphatic heterocycles. The van der Waals surface area contributed by atoms with Crippen LogP contribution < -0.4 is 20.1 Å². The van der Waals surface area contributed by atoms with E-state index in [0.717, 1.165) is 16.8 Å². The highest BCUT2D eigenvalue weighted by Crippen LogP contribution is 2.40. The van der Waals surface area contributed by atoms with Gasteiger partial charge in [0.05, 0.1) is 25.5 Å². The van der Waals surface area contributed by atoms with E-state index in [-0.39, 0.29) is 12.1 Å². The predicted octanol–water partition coefficient (Wildman–Crippen LogP) is 2.69. The van der Waals surface area contributed by atoms with Crippen LogP contribution in [-0.4, -0.2) is 29.5 Å². The Hall–Kier alpha value is -2.70. The van der Waals surface area contributed by atoms with Crippen LogP contribution in [0, 0.1) is 13.8 Å². The van der Waals surface area contributed by atoms with Gasteiger partial charge in [-0.2, -0.15) is 5.10 Å². The Kier molecular flexibility index (Phi) is 4.33. The van der Waals surface area contributed by atoms with Gasteiger partial charge in [0.1, 0.15) is 5.82 Å². The molecule has 24 heavy (non-hydrogen) atoms. The molecule has 1 aromatic heterocycles. The largest absolute Gasteiger partial charge is 0.493 e. The first-order valence-corrected chi connectivity index (χ1v) is 7.87. The summed E-state index contributed by atoms with van der Waals surface area (Å²) in [5.74, 6) is 2.05. The van der Waals surface area contributed by atoms with Gasteiger partial charge in [0.25, 0.3) is 0 Å². The number of methoxy groups -OCH3 is 1. The second kappa shape index (κ2) is 6.43. The second-order valence-electron chi connectivity index (χ2n) is 5.97. The lowest BCUT2D eigenvalue weighted by atomic mass is 9.98. The Morgan fingerprint density at radius 3 is 2.83 bits per heavy atom. The minimum Gasteiger partial charge on any atom is -0.493 e. The zero-order valence-corrected chi connectivity index (χ0v) is 14.3. The van der Waals surface area contributed by atoms with Crippen molar-refractivity contribution in [2.24, 2.45) is 7.05 Å². The van der Waals surface area contributed by atoms with Gasteiger partial charge in [-0.15, -0.1) is 0 Å². The third kappa shape index (κ3) is 3.15. The van der Waals surface area contributed by atoms with Crippen molar-refractivity contribution in [2.75, 3.05) is 19.0 Å². The Bertz CT molecular complexity index is 769. The number of ether oxygens (including phenoxy) is 2. The molecule has 1 aromatic carbocycles. The number of carbonyl (C=O) groups is 1. The number of carbonyl (C=O) groups excluding carboxylic acids is 1. The van der Waals surface area contributed by atoms with Crippen molar-refractivity contribution < 1.29 is 14.3 Å². The molecule has 1 aliphatic rings. The number of rotatable bonds is 3. The fourth-order valence-corrected chi connectivity index (χ4v) is 2.95. The molecule has 2 N–H and O–H groups in total. The Labute approximate surface area is 140 Å². The molecule has 0 unspecified atom stereocenters. The van der Waals surface area contributed by atoms with Crippen LogP contribution in [0.15, 0.2) is 18.2 Å². The van der Waals surface area contributed by atoms with Gasteiger partial charge in [-0.1, -0.05) is 6.07 Å². The average molecular weight is 330 g/mol. The highest BCUT2D eigenvalue weighted by molar-refractivity contribution is 5.88. The molecule has 0 fully saturated rings. The molecular formula is C17H22N4O3. The molecule has 0 radical (unpaired) electrons. The molecule has 0 bridgehead atoms. The van der Waals surface area contributed by atoms with Crippen LogP contribution in [0.25, 0.3) is 0 Å². The van der Waals surface area contributed by atoms with Gasteiger partial charge in [0.2, 0.25) is 0 Å².